The molecule has 0 aliphatic heterocycles. The molecule has 0 amide bonds. The van der Waals surface area contributed by atoms with Crippen LogP contribution in [-0.2, 0) is 0 Å². The van der Waals surface area contributed by atoms with Crippen LogP contribution in [0.3, 0.4) is 0 Å². The topological polar surface area (TPSA) is 61.6 Å². The molecule has 1 N–H and O–H groups in total. The maximum Gasteiger partial charge on any atom is 0.206 e. The second kappa shape index (κ2) is 4.93. The van der Waals surface area contributed by atoms with E-state index < -0.39 is 0 Å². The van der Waals surface area contributed by atoms with Crippen molar-refractivity contribution in [1.29, 1.82) is 5.26 Å². The molecule has 0 aliphatic carbocycles. The zero-order chi connectivity index (χ0) is 12.3. The molecule has 0 aliphatic rings. The fourth-order valence-electron chi connectivity index (χ4n) is 1.50. The minimum atomic E-state index is 0.107. The molecule has 17 heavy (non-hydrogen) atoms. The second-order valence-corrected chi connectivity index (χ2v) is 4.91. The smallest absolute Gasteiger partial charge is 0.206 e. The Balaban J connectivity index is 2.14. The molecule has 0 saturated heterocycles. The van der Waals surface area contributed by atoms with Crippen molar-refractivity contribution in [2.75, 3.05) is 5.32 Å². The summed E-state index contributed by atoms with van der Waals surface area (Å²) < 4.78 is 0. The number of hydrogen-bond donors (Lipinski definition) is 1. The molecule has 0 radical (unpaired) electrons. The molecule has 2 aromatic rings. The van der Waals surface area contributed by atoms with Gasteiger partial charge in [0.25, 0.3) is 0 Å². The van der Waals surface area contributed by atoms with Gasteiger partial charge in [-0.1, -0.05) is 23.5 Å². The predicted octanol–water partition coefficient (Wildman–Crippen LogP) is 2.89. The summed E-state index contributed by atoms with van der Waals surface area (Å²) in [5.74, 6) is 0. The van der Waals surface area contributed by atoms with Crippen molar-refractivity contribution in [3.05, 3.63) is 40.4 Å². The summed E-state index contributed by atoms with van der Waals surface area (Å²) in [5.41, 5.74) is 1.74. The summed E-state index contributed by atoms with van der Waals surface area (Å²) in [7, 11) is 0. The van der Waals surface area contributed by atoms with Crippen molar-refractivity contribution in [2.24, 2.45) is 0 Å². The van der Waals surface area contributed by atoms with Gasteiger partial charge in [0.05, 0.1) is 17.7 Å². The van der Waals surface area contributed by atoms with E-state index in [0.29, 0.717) is 5.56 Å². The Hall–Kier alpha value is -1.93. The standard InChI is InChI=1S/C12H12N4S/c1-8(14-12-16-15-9(2)17-12)11-5-3-4-10(6-11)7-13/h3-6,8H,1-2H3,(H,14,16). The summed E-state index contributed by atoms with van der Waals surface area (Å²) >= 11 is 1.52. The van der Waals surface area contributed by atoms with Gasteiger partial charge in [-0.2, -0.15) is 5.26 Å². The second-order valence-electron chi connectivity index (χ2n) is 3.73. The van der Waals surface area contributed by atoms with Crippen LogP contribution in [0.2, 0.25) is 0 Å². The first-order valence-corrected chi connectivity index (χ1v) is 6.07. The van der Waals surface area contributed by atoms with Gasteiger partial charge in [0, 0.05) is 0 Å². The lowest BCUT2D eigenvalue weighted by Gasteiger charge is -2.12. The molecular formula is C12H12N4S. The van der Waals surface area contributed by atoms with Crippen LogP contribution in [0.4, 0.5) is 5.13 Å². The Morgan fingerprint density at radius 1 is 1.41 bits per heavy atom. The Kier molecular flexibility index (Phi) is 3.35. The van der Waals surface area contributed by atoms with Gasteiger partial charge in [-0.3, -0.25) is 0 Å². The highest BCUT2D eigenvalue weighted by Gasteiger charge is 2.08. The maximum atomic E-state index is 8.85. The highest BCUT2D eigenvalue weighted by molar-refractivity contribution is 7.15. The molecule has 1 atom stereocenters. The molecule has 1 heterocycles. The number of anilines is 1. The van der Waals surface area contributed by atoms with Crippen LogP contribution in [0, 0.1) is 18.3 Å². The highest BCUT2D eigenvalue weighted by atomic mass is 32.1. The van der Waals surface area contributed by atoms with Gasteiger partial charge >= 0.3 is 0 Å². The molecule has 0 fully saturated rings. The first kappa shape index (κ1) is 11.6. The summed E-state index contributed by atoms with van der Waals surface area (Å²) in [6.45, 7) is 3.96. The van der Waals surface area contributed by atoms with Crippen molar-refractivity contribution in [1.82, 2.24) is 10.2 Å². The largest absolute Gasteiger partial charge is 0.354 e. The first-order chi connectivity index (χ1) is 8.19. The fourth-order valence-corrected chi connectivity index (χ4v) is 2.18. The molecule has 2 rings (SSSR count). The molecular weight excluding hydrogens is 232 g/mol. The van der Waals surface area contributed by atoms with E-state index in [1.165, 1.54) is 11.3 Å². The number of rotatable bonds is 3. The van der Waals surface area contributed by atoms with Crippen molar-refractivity contribution in [3.8, 4) is 6.07 Å². The van der Waals surface area contributed by atoms with Crippen LogP contribution in [0.15, 0.2) is 24.3 Å². The molecule has 5 heteroatoms. The number of nitrogens with zero attached hydrogens (tertiary/aromatic N) is 3. The van der Waals surface area contributed by atoms with Gasteiger partial charge in [0.2, 0.25) is 5.13 Å². The highest BCUT2D eigenvalue weighted by Crippen LogP contribution is 2.22. The molecule has 0 spiro atoms. The van der Waals surface area contributed by atoms with E-state index in [9.17, 15) is 0 Å². The normalized spacial score (nSPS) is 11.8. The summed E-state index contributed by atoms with van der Waals surface area (Å²) in [5, 5.41) is 21.8. The van der Waals surface area contributed by atoms with Gasteiger partial charge in [0.15, 0.2) is 0 Å². The summed E-state index contributed by atoms with van der Waals surface area (Å²) in [6, 6.07) is 9.80. The SMILES string of the molecule is Cc1nnc(NC(C)c2cccc(C#N)c2)s1. The van der Waals surface area contributed by atoms with Crippen molar-refractivity contribution < 1.29 is 0 Å². The fraction of sp³-hybridized carbons (Fsp3) is 0.250. The number of aromatic nitrogens is 2. The van der Waals surface area contributed by atoms with Gasteiger partial charge < -0.3 is 5.32 Å². The third-order valence-electron chi connectivity index (χ3n) is 2.38. The average Bonchev–Trinajstić information content (AvgIpc) is 2.75. The van der Waals surface area contributed by atoms with Gasteiger partial charge in [0.1, 0.15) is 5.01 Å². The average molecular weight is 244 g/mol. The van der Waals surface area contributed by atoms with Crippen molar-refractivity contribution in [3.63, 3.8) is 0 Å². The zero-order valence-electron chi connectivity index (χ0n) is 9.64. The number of aryl methyl sites for hydroxylation is 1. The first-order valence-electron chi connectivity index (χ1n) is 5.26. The number of nitriles is 1. The van der Waals surface area contributed by atoms with E-state index in [1.54, 1.807) is 6.07 Å². The van der Waals surface area contributed by atoms with Crippen LogP contribution < -0.4 is 5.32 Å². The van der Waals surface area contributed by atoms with Crippen molar-refractivity contribution >= 4 is 16.5 Å². The minimum absolute atomic E-state index is 0.107. The zero-order valence-corrected chi connectivity index (χ0v) is 10.5. The summed E-state index contributed by atoms with van der Waals surface area (Å²) in [6.07, 6.45) is 0. The van der Waals surface area contributed by atoms with Crippen LogP contribution in [0.5, 0.6) is 0 Å². The molecule has 0 bridgehead atoms. The van der Waals surface area contributed by atoms with Crippen molar-refractivity contribution in [2.45, 2.75) is 19.9 Å². The number of nitrogens with one attached hydrogen (secondary N) is 1. The van der Waals surface area contributed by atoms with Gasteiger partial charge in [-0.25, -0.2) is 0 Å². The lowest BCUT2D eigenvalue weighted by molar-refractivity contribution is 0.872. The lowest BCUT2D eigenvalue weighted by Crippen LogP contribution is -2.06. The van der Waals surface area contributed by atoms with Crippen LogP contribution in [0.1, 0.15) is 29.1 Å². The molecule has 1 aromatic carbocycles. The Bertz CT molecular complexity index is 556. The van der Waals surface area contributed by atoms with E-state index in [0.717, 1.165) is 15.7 Å². The monoisotopic (exact) mass is 244 g/mol. The van der Waals surface area contributed by atoms with Gasteiger partial charge in [-0.15, -0.1) is 10.2 Å². The number of hydrogen-bond acceptors (Lipinski definition) is 5. The molecule has 1 aromatic heterocycles. The minimum Gasteiger partial charge on any atom is -0.354 e. The van der Waals surface area contributed by atoms with E-state index in [1.807, 2.05) is 32.0 Å². The van der Waals surface area contributed by atoms with E-state index >= 15 is 0 Å². The lowest BCUT2D eigenvalue weighted by atomic mass is 10.1. The van der Waals surface area contributed by atoms with Crippen LogP contribution in [-0.4, -0.2) is 10.2 Å². The molecule has 86 valence electrons. The Morgan fingerprint density at radius 2 is 2.24 bits per heavy atom. The predicted molar refractivity (Wildman–Crippen MR) is 67.8 cm³/mol. The molecule has 4 nitrogen and oxygen atoms in total. The molecule has 1 unspecified atom stereocenters. The van der Waals surface area contributed by atoms with Crippen LogP contribution >= 0.6 is 11.3 Å². The third kappa shape index (κ3) is 2.80. The van der Waals surface area contributed by atoms with E-state index in [-0.39, 0.29) is 6.04 Å². The quantitative estimate of drug-likeness (QED) is 0.901. The third-order valence-corrected chi connectivity index (χ3v) is 3.15. The molecule has 0 saturated carbocycles. The van der Waals surface area contributed by atoms with Gasteiger partial charge in [-0.05, 0) is 31.5 Å². The van der Waals surface area contributed by atoms with E-state index in [4.69, 9.17) is 5.26 Å². The number of benzene rings is 1. The van der Waals surface area contributed by atoms with E-state index in [2.05, 4.69) is 21.6 Å². The maximum absolute atomic E-state index is 8.85. The van der Waals surface area contributed by atoms with Crippen LogP contribution in [0.25, 0.3) is 0 Å². The Labute approximate surface area is 104 Å². The Morgan fingerprint density at radius 3 is 2.88 bits per heavy atom. The summed E-state index contributed by atoms with van der Waals surface area (Å²) in [4.78, 5) is 0.